The number of carbonyl (C=O) groups is 1. The normalized spacial score (nSPS) is 35.7. The number of amides is 1. The molecular formula is C23H27NO3. The molecule has 4 aliphatic rings. The number of carbonyl (C=O) groups excluding carboxylic acids is 1. The predicted octanol–water partition coefficient (Wildman–Crippen LogP) is 4.47. The van der Waals surface area contributed by atoms with E-state index in [0.717, 1.165) is 44.2 Å². The van der Waals surface area contributed by atoms with E-state index in [-0.39, 0.29) is 22.5 Å². The third-order valence-electron chi connectivity index (χ3n) is 7.49. The molecule has 2 saturated carbocycles. The van der Waals surface area contributed by atoms with Crippen LogP contribution in [0.1, 0.15) is 37.7 Å². The van der Waals surface area contributed by atoms with Crippen LogP contribution in [0.25, 0.3) is 0 Å². The lowest BCUT2D eigenvalue weighted by atomic mass is 9.71. The molecule has 0 bridgehead atoms. The molecule has 3 fully saturated rings. The molecule has 1 unspecified atom stereocenters. The van der Waals surface area contributed by atoms with Gasteiger partial charge in [-0.3, -0.25) is 0 Å². The van der Waals surface area contributed by atoms with Crippen LogP contribution in [-0.2, 0) is 16.1 Å². The van der Waals surface area contributed by atoms with Gasteiger partial charge in [0.15, 0.2) is 0 Å². The Bertz CT molecular complexity index is 812. The predicted molar refractivity (Wildman–Crippen MR) is 103 cm³/mol. The van der Waals surface area contributed by atoms with Gasteiger partial charge in [0, 0.05) is 24.5 Å². The SMILES string of the molecule is COC[C@]12CCCN(C(=O)OCc3ccccc3)[C@]13CC31CC=CC=C1C2. The van der Waals surface area contributed by atoms with Crippen molar-refractivity contribution in [1.29, 1.82) is 0 Å². The largest absolute Gasteiger partial charge is 0.445 e. The van der Waals surface area contributed by atoms with Crippen LogP contribution >= 0.6 is 0 Å². The first-order valence-electron chi connectivity index (χ1n) is 10.0. The molecule has 0 aromatic heterocycles. The number of piperidine rings is 1. The summed E-state index contributed by atoms with van der Waals surface area (Å²) < 4.78 is 11.5. The second-order valence-corrected chi connectivity index (χ2v) is 8.63. The van der Waals surface area contributed by atoms with Gasteiger partial charge in [-0.1, -0.05) is 54.1 Å². The lowest BCUT2D eigenvalue weighted by molar-refractivity contribution is -0.0484. The van der Waals surface area contributed by atoms with Crippen molar-refractivity contribution in [3.8, 4) is 0 Å². The molecule has 1 aromatic rings. The zero-order chi connectivity index (χ0) is 18.5. The monoisotopic (exact) mass is 365 g/mol. The highest BCUT2D eigenvalue weighted by Gasteiger charge is 2.84. The Morgan fingerprint density at radius 3 is 2.93 bits per heavy atom. The summed E-state index contributed by atoms with van der Waals surface area (Å²) in [5.74, 6) is 0. The average molecular weight is 365 g/mol. The maximum absolute atomic E-state index is 13.2. The van der Waals surface area contributed by atoms with Gasteiger partial charge in [0.25, 0.3) is 0 Å². The minimum atomic E-state index is -0.160. The molecule has 0 N–H and O–H groups in total. The van der Waals surface area contributed by atoms with Crippen LogP contribution < -0.4 is 0 Å². The van der Waals surface area contributed by atoms with E-state index in [2.05, 4.69) is 23.1 Å². The van der Waals surface area contributed by atoms with Crippen molar-refractivity contribution in [3.63, 3.8) is 0 Å². The molecule has 4 heteroatoms. The molecule has 5 rings (SSSR count). The Labute approximate surface area is 160 Å². The van der Waals surface area contributed by atoms with Crippen LogP contribution in [0, 0.1) is 10.8 Å². The summed E-state index contributed by atoms with van der Waals surface area (Å²) in [4.78, 5) is 15.3. The molecule has 1 aliphatic heterocycles. The van der Waals surface area contributed by atoms with Gasteiger partial charge in [-0.25, -0.2) is 4.79 Å². The molecule has 1 amide bonds. The molecular weight excluding hydrogens is 338 g/mol. The minimum Gasteiger partial charge on any atom is -0.445 e. The van der Waals surface area contributed by atoms with E-state index in [9.17, 15) is 4.79 Å². The van der Waals surface area contributed by atoms with Crippen molar-refractivity contribution < 1.29 is 14.3 Å². The Morgan fingerprint density at radius 2 is 2.11 bits per heavy atom. The highest BCUT2D eigenvalue weighted by atomic mass is 16.6. The van der Waals surface area contributed by atoms with Gasteiger partial charge in [-0.15, -0.1) is 0 Å². The summed E-state index contributed by atoms with van der Waals surface area (Å²) >= 11 is 0. The number of methoxy groups -OCH3 is 1. The fraction of sp³-hybridized carbons (Fsp3) is 0.522. The Hall–Kier alpha value is -2.07. The van der Waals surface area contributed by atoms with E-state index in [4.69, 9.17) is 9.47 Å². The number of ether oxygens (including phenoxy) is 2. The van der Waals surface area contributed by atoms with Gasteiger partial charge in [-0.2, -0.15) is 0 Å². The quantitative estimate of drug-likeness (QED) is 0.790. The standard InChI is InChI=1S/C23H27NO3/c1-26-17-21-11-7-13-24(20(25)27-15-18-8-3-2-4-9-18)23(21)16-22(23)12-6-5-10-19(22)14-21/h2-6,8-10H,7,11-17H2,1H3/t21-,22?,23-/m1/s1. The van der Waals surface area contributed by atoms with Crippen molar-refractivity contribution in [2.24, 2.45) is 10.8 Å². The molecule has 2 spiro atoms. The zero-order valence-corrected chi connectivity index (χ0v) is 15.9. The Kier molecular flexibility index (Phi) is 3.77. The number of nitrogens with zero attached hydrogens (tertiary/aromatic N) is 1. The highest BCUT2D eigenvalue weighted by Crippen LogP contribution is 2.82. The number of benzene rings is 1. The van der Waals surface area contributed by atoms with Crippen LogP contribution in [0.15, 0.2) is 54.1 Å². The van der Waals surface area contributed by atoms with E-state index in [1.54, 1.807) is 7.11 Å². The fourth-order valence-electron chi connectivity index (χ4n) is 6.46. The maximum Gasteiger partial charge on any atom is 0.410 e. The lowest BCUT2D eigenvalue weighted by Crippen LogP contribution is -2.58. The zero-order valence-electron chi connectivity index (χ0n) is 15.9. The number of allylic oxidation sites excluding steroid dienone is 3. The van der Waals surface area contributed by atoms with Crippen molar-refractivity contribution in [2.75, 3.05) is 20.3 Å². The average Bonchev–Trinajstić information content (AvgIpc) is 3.27. The highest BCUT2D eigenvalue weighted by molar-refractivity contribution is 5.72. The van der Waals surface area contributed by atoms with Gasteiger partial charge in [0.1, 0.15) is 6.61 Å². The second-order valence-electron chi connectivity index (χ2n) is 8.63. The second kappa shape index (κ2) is 5.96. The van der Waals surface area contributed by atoms with Crippen LogP contribution in [-0.4, -0.2) is 36.8 Å². The molecule has 142 valence electrons. The van der Waals surface area contributed by atoms with E-state index in [0.29, 0.717) is 13.2 Å². The fourth-order valence-corrected chi connectivity index (χ4v) is 6.46. The third kappa shape index (κ3) is 2.16. The first-order chi connectivity index (χ1) is 13.2. The van der Waals surface area contributed by atoms with Gasteiger partial charge < -0.3 is 14.4 Å². The number of rotatable bonds is 4. The molecule has 3 atom stereocenters. The Morgan fingerprint density at radius 1 is 1.26 bits per heavy atom. The van der Waals surface area contributed by atoms with E-state index in [1.807, 2.05) is 30.3 Å². The summed E-state index contributed by atoms with van der Waals surface area (Å²) in [5.41, 5.74) is 2.57. The van der Waals surface area contributed by atoms with Crippen molar-refractivity contribution >= 4 is 6.09 Å². The summed E-state index contributed by atoms with van der Waals surface area (Å²) in [6, 6.07) is 9.93. The molecule has 1 saturated heterocycles. The summed E-state index contributed by atoms with van der Waals surface area (Å²) in [6.07, 6.45) is 11.9. The molecule has 4 nitrogen and oxygen atoms in total. The third-order valence-corrected chi connectivity index (χ3v) is 7.49. The van der Waals surface area contributed by atoms with E-state index < -0.39 is 0 Å². The van der Waals surface area contributed by atoms with Gasteiger partial charge in [0.2, 0.25) is 0 Å². The number of hydrogen-bond donors (Lipinski definition) is 0. The van der Waals surface area contributed by atoms with E-state index in [1.165, 1.54) is 5.57 Å². The summed E-state index contributed by atoms with van der Waals surface area (Å²) in [7, 11) is 1.79. The van der Waals surface area contributed by atoms with Crippen molar-refractivity contribution in [3.05, 3.63) is 59.7 Å². The molecule has 1 aromatic carbocycles. The van der Waals surface area contributed by atoms with Crippen LogP contribution in [0.4, 0.5) is 4.79 Å². The minimum absolute atomic E-state index is 0.0314. The number of hydrogen-bond acceptors (Lipinski definition) is 3. The maximum atomic E-state index is 13.2. The van der Waals surface area contributed by atoms with E-state index >= 15 is 0 Å². The van der Waals surface area contributed by atoms with Crippen LogP contribution in [0.5, 0.6) is 0 Å². The first-order valence-corrected chi connectivity index (χ1v) is 10.0. The lowest BCUT2D eigenvalue weighted by Gasteiger charge is -2.49. The van der Waals surface area contributed by atoms with Crippen LogP contribution in [0.2, 0.25) is 0 Å². The van der Waals surface area contributed by atoms with Crippen molar-refractivity contribution in [2.45, 2.75) is 44.2 Å². The molecule has 3 aliphatic carbocycles. The Balaban J connectivity index is 1.44. The van der Waals surface area contributed by atoms with Gasteiger partial charge in [-0.05, 0) is 37.7 Å². The number of likely N-dealkylation sites (tertiary alicyclic amines) is 1. The smallest absolute Gasteiger partial charge is 0.410 e. The molecule has 1 heterocycles. The summed E-state index contributed by atoms with van der Waals surface area (Å²) in [6.45, 7) is 1.84. The molecule has 27 heavy (non-hydrogen) atoms. The molecule has 0 radical (unpaired) electrons. The van der Waals surface area contributed by atoms with Crippen molar-refractivity contribution in [1.82, 2.24) is 4.90 Å². The first kappa shape index (κ1) is 17.1. The van der Waals surface area contributed by atoms with Gasteiger partial charge >= 0.3 is 6.09 Å². The van der Waals surface area contributed by atoms with Crippen LogP contribution in [0.3, 0.4) is 0 Å². The summed E-state index contributed by atoms with van der Waals surface area (Å²) in [5, 5.41) is 0. The van der Waals surface area contributed by atoms with Gasteiger partial charge in [0.05, 0.1) is 12.1 Å². The topological polar surface area (TPSA) is 38.8 Å².